The highest BCUT2D eigenvalue weighted by molar-refractivity contribution is 6.30. The van der Waals surface area contributed by atoms with Crippen molar-refractivity contribution in [1.29, 1.82) is 0 Å². The fourth-order valence-electron chi connectivity index (χ4n) is 2.14. The van der Waals surface area contributed by atoms with E-state index in [0.29, 0.717) is 28.4 Å². The molecule has 0 aliphatic rings. The van der Waals surface area contributed by atoms with E-state index in [9.17, 15) is 9.59 Å². The maximum atomic E-state index is 12.2. The molecule has 0 saturated carbocycles. The lowest BCUT2D eigenvalue weighted by Crippen LogP contribution is -2.12. The number of halogens is 1. The Morgan fingerprint density at radius 1 is 1.15 bits per heavy atom. The molecule has 3 rings (SSSR count). The molecular formula is C18H14ClN3O4. The molecule has 0 bridgehead atoms. The molecule has 0 aliphatic heterocycles. The normalized spacial score (nSPS) is 10.4. The summed E-state index contributed by atoms with van der Waals surface area (Å²) in [5, 5.41) is 10.7. The third-order valence-electron chi connectivity index (χ3n) is 3.34. The van der Waals surface area contributed by atoms with E-state index in [4.69, 9.17) is 20.8 Å². The topological polar surface area (TPSA) is 94.3 Å². The van der Waals surface area contributed by atoms with Crippen LogP contribution in [-0.4, -0.2) is 28.7 Å². The third kappa shape index (κ3) is 4.07. The number of carbonyl (C=O) groups is 2. The summed E-state index contributed by atoms with van der Waals surface area (Å²) in [6.07, 6.45) is 0. The molecule has 7 nitrogen and oxygen atoms in total. The average molecular weight is 372 g/mol. The van der Waals surface area contributed by atoms with E-state index in [1.165, 1.54) is 0 Å². The first-order valence-electron chi connectivity index (χ1n) is 7.75. The molecule has 0 radical (unpaired) electrons. The van der Waals surface area contributed by atoms with Crippen LogP contribution in [0.2, 0.25) is 5.02 Å². The van der Waals surface area contributed by atoms with Crippen molar-refractivity contribution < 1.29 is 18.7 Å². The lowest BCUT2D eigenvalue weighted by atomic mass is 10.2. The average Bonchev–Trinajstić information content (AvgIpc) is 3.13. The highest BCUT2D eigenvalue weighted by Crippen LogP contribution is 2.21. The SMILES string of the molecule is CCOC(=O)c1ccc(NC(=O)c2nnc(-c3cccc(Cl)c3)o2)cc1. The van der Waals surface area contributed by atoms with E-state index in [1.54, 1.807) is 55.5 Å². The molecule has 3 aromatic rings. The second-order valence-corrected chi connectivity index (χ2v) is 5.61. The summed E-state index contributed by atoms with van der Waals surface area (Å²) in [4.78, 5) is 23.8. The van der Waals surface area contributed by atoms with Gasteiger partial charge >= 0.3 is 17.8 Å². The van der Waals surface area contributed by atoms with E-state index in [2.05, 4.69) is 15.5 Å². The van der Waals surface area contributed by atoms with Crippen molar-refractivity contribution >= 4 is 29.2 Å². The van der Waals surface area contributed by atoms with Gasteiger partial charge in [-0.3, -0.25) is 4.79 Å². The van der Waals surface area contributed by atoms with Crippen molar-refractivity contribution in [3.63, 3.8) is 0 Å². The molecule has 1 amide bonds. The lowest BCUT2D eigenvalue weighted by molar-refractivity contribution is 0.0526. The van der Waals surface area contributed by atoms with Crippen molar-refractivity contribution in [2.45, 2.75) is 6.92 Å². The van der Waals surface area contributed by atoms with Crippen molar-refractivity contribution in [1.82, 2.24) is 10.2 Å². The van der Waals surface area contributed by atoms with Crippen LogP contribution < -0.4 is 5.32 Å². The Balaban J connectivity index is 1.70. The summed E-state index contributed by atoms with van der Waals surface area (Å²) < 4.78 is 10.3. The molecule has 0 spiro atoms. The van der Waals surface area contributed by atoms with Gasteiger partial charge in [0.05, 0.1) is 12.2 Å². The molecule has 0 unspecified atom stereocenters. The Morgan fingerprint density at radius 3 is 2.62 bits per heavy atom. The van der Waals surface area contributed by atoms with E-state index in [0.717, 1.165) is 0 Å². The molecular weight excluding hydrogens is 358 g/mol. The van der Waals surface area contributed by atoms with Gasteiger partial charge in [0.1, 0.15) is 0 Å². The number of rotatable bonds is 5. The number of carbonyl (C=O) groups excluding carboxylic acids is 2. The number of aromatic nitrogens is 2. The first kappa shape index (κ1) is 17.6. The Labute approximate surface area is 153 Å². The van der Waals surface area contributed by atoms with Gasteiger partial charge in [-0.2, -0.15) is 0 Å². The standard InChI is InChI=1S/C18H14ClN3O4/c1-2-25-18(24)11-6-8-14(9-7-11)20-15(23)17-22-21-16(26-17)12-4-3-5-13(19)10-12/h3-10H,2H2,1H3,(H,20,23). The minimum absolute atomic E-state index is 0.186. The highest BCUT2D eigenvalue weighted by atomic mass is 35.5. The number of ether oxygens (including phenoxy) is 1. The lowest BCUT2D eigenvalue weighted by Gasteiger charge is -2.04. The molecule has 0 fully saturated rings. The van der Waals surface area contributed by atoms with Crippen LogP contribution in [0.1, 0.15) is 28.0 Å². The number of esters is 1. The van der Waals surface area contributed by atoms with E-state index in [-0.39, 0.29) is 11.8 Å². The minimum Gasteiger partial charge on any atom is -0.462 e. The summed E-state index contributed by atoms with van der Waals surface area (Å²) in [6.45, 7) is 2.03. The molecule has 8 heteroatoms. The maximum absolute atomic E-state index is 12.2. The Kier molecular flexibility index (Phi) is 5.28. The van der Waals surface area contributed by atoms with Crippen molar-refractivity contribution in [3.8, 4) is 11.5 Å². The first-order valence-corrected chi connectivity index (χ1v) is 8.12. The van der Waals surface area contributed by atoms with Crippen molar-refractivity contribution in [3.05, 3.63) is 65.0 Å². The number of hydrogen-bond donors (Lipinski definition) is 1. The van der Waals surface area contributed by atoms with Gasteiger partial charge in [-0.1, -0.05) is 17.7 Å². The van der Waals surface area contributed by atoms with Crippen molar-refractivity contribution in [2.24, 2.45) is 0 Å². The first-order chi connectivity index (χ1) is 12.6. The zero-order valence-corrected chi connectivity index (χ0v) is 14.5. The van der Waals surface area contributed by atoms with Gasteiger partial charge in [0.15, 0.2) is 0 Å². The van der Waals surface area contributed by atoms with Crippen molar-refractivity contribution in [2.75, 3.05) is 11.9 Å². The third-order valence-corrected chi connectivity index (χ3v) is 3.58. The van der Waals surface area contributed by atoms with Crippen LogP contribution >= 0.6 is 11.6 Å². The fraction of sp³-hybridized carbons (Fsp3) is 0.111. The van der Waals surface area contributed by atoms with Crippen LogP contribution in [0.25, 0.3) is 11.5 Å². The molecule has 1 N–H and O–H groups in total. The second kappa shape index (κ2) is 7.79. The van der Waals surface area contributed by atoms with Crippen LogP contribution in [0.15, 0.2) is 52.9 Å². The summed E-state index contributed by atoms with van der Waals surface area (Å²) >= 11 is 5.92. The molecule has 0 atom stereocenters. The Hall–Kier alpha value is -3.19. The quantitative estimate of drug-likeness (QED) is 0.685. The minimum atomic E-state index is -0.560. The fourth-order valence-corrected chi connectivity index (χ4v) is 2.33. The summed E-state index contributed by atoms with van der Waals surface area (Å²) in [6, 6.07) is 13.1. The van der Waals surface area contributed by atoms with E-state index < -0.39 is 11.9 Å². The summed E-state index contributed by atoms with van der Waals surface area (Å²) in [5.41, 5.74) is 1.49. The van der Waals surface area contributed by atoms with E-state index >= 15 is 0 Å². The largest absolute Gasteiger partial charge is 0.462 e. The second-order valence-electron chi connectivity index (χ2n) is 5.17. The molecule has 1 heterocycles. The molecule has 1 aromatic heterocycles. The number of amides is 1. The van der Waals surface area contributed by atoms with Gasteiger partial charge in [-0.15, -0.1) is 10.2 Å². The zero-order chi connectivity index (χ0) is 18.5. The van der Waals surface area contributed by atoms with Crippen LogP contribution in [0, 0.1) is 0 Å². The van der Waals surface area contributed by atoms with Gasteiger partial charge < -0.3 is 14.5 Å². The van der Waals surface area contributed by atoms with Crippen LogP contribution in [0.3, 0.4) is 0 Å². The monoisotopic (exact) mass is 371 g/mol. The van der Waals surface area contributed by atoms with Crippen LogP contribution in [-0.2, 0) is 4.74 Å². The van der Waals surface area contributed by atoms with Gasteiger partial charge in [-0.25, -0.2) is 4.79 Å². The van der Waals surface area contributed by atoms with Gasteiger partial charge in [0, 0.05) is 16.3 Å². The van der Waals surface area contributed by atoms with Gasteiger partial charge in [0.25, 0.3) is 0 Å². The molecule has 0 saturated heterocycles. The Morgan fingerprint density at radius 2 is 1.92 bits per heavy atom. The van der Waals surface area contributed by atoms with Crippen LogP contribution in [0.4, 0.5) is 5.69 Å². The molecule has 2 aromatic carbocycles. The predicted molar refractivity (Wildman–Crippen MR) is 95.1 cm³/mol. The van der Waals surface area contributed by atoms with Gasteiger partial charge in [0.2, 0.25) is 5.89 Å². The number of nitrogens with one attached hydrogen (secondary N) is 1. The smallest absolute Gasteiger partial charge is 0.338 e. The Bertz CT molecular complexity index is 938. The number of anilines is 1. The molecule has 132 valence electrons. The van der Waals surface area contributed by atoms with Crippen LogP contribution in [0.5, 0.6) is 0 Å². The maximum Gasteiger partial charge on any atom is 0.338 e. The van der Waals surface area contributed by atoms with E-state index in [1.807, 2.05) is 0 Å². The number of benzene rings is 2. The van der Waals surface area contributed by atoms with Gasteiger partial charge in [-0.05, 0) is 49.4 Å². The predicted octanol–water partition coefficient (Wildman–Crippen LogP) is 3.82. The zero-order valence-electron chi connectivity index (χ0n) is 13.7. The highest BCUT2D eigenvalue weighted by Gasteiger charge is 2.16. The summed E-state index contributed by atoms with van der Waals surface area (Å²) in [5.74, 6) is -0.979. The molecule has 0 aliphatic carbocycles. The molecule has 26 heavy (non-hydrogen) atoms. The number of nitrogens with zero attached hydrogens (tertiary/aromatic N) is 2. The summed E-state index contributed by atoms with van der Waals surface area (Å²) in [7, 11) is 0. The number of hydrogen-bond acceptors (Lipinski definition) is 6.